The number of alkyl halides is 1. The van der Waals surface area contributed by atoms with E-state index in [-0.39, 0.29) is 0 Å². The second kappa shape index (κ2) is 5.16. The number of hydrogen-bond acceptors (Lipinski definition) is 2. The molecule has 1 aromatic heterocycles. The molecule has 62 valence electrons. The van der Waals surface area contributed by atoms with Crippen molar-refractivity contribution >= 4 is 11.6 Å². The molecule has 4 heteroatoms. The first-order valence-corrected chi connectivity index (χ1v) is 4.08. The molecule has 3 nitrogen and oxygen atoms in total. The van der Waals surface area contributed by atoms with E-state index in [0.29, 0.717) is 19.1 Å². The molecule has 0 aromatic carbocycles. The van der Waals surface area contributed by atoms with Crippen molar-refractivity contribution in [1.29, 1.82) is 0 Å². The van der Waals surface area contributed by atoms with Crippen LogP contribution in [0.15, 0.2) is 18.5 Å². The SMILES string of the molecule is ClCCOCCn1cccn1. The summed E-state index contributed by atoms with van der Waals surface area (Å²) in [5.41, 5.74) is 0. The second-order valence-corrected chi connectivity index (χ2v) is 2.45. The summed E-state index contributed by atoms with van der Waals surface area (Å²) < 4.78 is 6.99. The predicted molar refractivity (Wildman–Crippen MR) is 43.8 cm³/mol. The first kappa shape index (κ1) is 8.56. The fourth-order valence-corrected chi connectivity index (χ4v) is 0.857. The van der Waals surface area contributed by atoms with Crippen LogP contribution < -0.4 is 0 Å². The summed E-state index contributed by atoms with van der Waals surface area (Å²) in [4.78, 5) is 0. The van der Waals surface area contributed by atoms with Crippen molar-refractivity contribution in [1.82, 2.24) is 9.78 Å². The first-order chi connectivity index (χ1) is 5.43. The topological polar surface area (TPSA) is 27.1 Å². The largest absolute Gasteiger partial charge is 0.378 e. The van der Waals surface area contributed by atoms with Crippen molar-refractivity contribution in [2.45, 2.75) is 6.54 Å². The van der Waals surface area contributed by atoms with Crippen LogP contribution in [0.2, 0.25) is 0 Å². The molecule has 0 spiro atoms. The highest BCUT2D eigenvalue weighted by molar-refractivity contribution is 6.17. The van der Waals surface area contributed by atoms with Gasteiger partial charge < -0.3 is 4.74 Å². The third kappa shape index (κ3) is 3.39. The van der Waals surface area contributed by atoms with Crippen LogP contribution >= 0.6 is 11.6 Å². The van der Waals surface area contributed by atoms with Crippen LogP contribution in [0.25, 0.3) is 0 Å². The van der Waals surface area contributed by atoms with Gasteiger partial charge in [0.25, 0.3) is 0 Å². The van der Waals surface area contributed by atoms with E-state index in [2.05, 4.69) is 5.10 Å². The highest BCUT2D eigenvalue weighted by Gasteiger charge is 1.89. The summed E-state index contributed by atoms with van der Waals surface area (Å²) in [6.07, 6.45) is 3.66. The molecule has 11 heavy (non-hydrogen) atoms. The van der Waals surface area contributed by atoms with Crippen LogP contribution in [-0.4, -0.2) is 28.9 Å². The van der Waals surface area contributed by atoms with Crippen molar-refractivity contribution in [3.05, 3.63) is 18.5 Å². The maximum absolute atomic E-state index is 5.41. The van der Waals surface area contributed by atoms with Gasteiger partial charge in [-0.3, -0.25) is 4.68 Å². The fraction of sp³-hybridized carbons (Fsp3) is 0.571. The van der Waals surface area contributed by atoms with Gasteiger partial charge in [-0.25, -0.2) is 0 Å². The standard InChI is InChI=1S/C7H11ClN2O/c8-2-6-11-7-5-10-4-1-3-9-10/h1,3-4H,2,5-7H2. The van der Waals surface area contributed by atoms with Crippen molar-refractivity contribution in [3.63, 3.8) is 0 Å². The molecule has 1 heterocycles. The molecule has 0 bridgehead atoms. The molecule has 1 rings (SSSR count). The van der Waals surface area contributed by atoms with Gasteiger partial charge in [0.15, 0.2) is 0 Å². The average molecular weight is 175 g/mol. The number of halogens is 1. The fourth-order valence-electron chi connectivity index (χ4n) is 0.747. The van der Waals surface area contributed by atoms with Gasteiger partial charge in [0, 0.05) is 18.3 Å². The van der Waals surface area contributed by atoms with E-state index in [1.54, 1.807) is 6.20 Å². The van der Waals surface area contributed by atoms with Gasteiger partial charge >= 0.3 is 0 Å². The van der Waals surface area contributed by atoms with Crippen LogP contribution in [0.4, 0.5) is 0 Å². The minimum Gasteiger partial charge on any atom is -0.378 e. The van der Waals surface area contributed by atoms with Crippen LogP contribution in [0.5, 0.6) is 0 Å². The van der Waals surface area contributed by atoms with Gasteiger partial charge in [-0.2, -0.15) is 5.10 Å². The number of hydrogen-bond donors (Lipinski definition) is 0. The van der Waals surface area contributed by atoms with Gasteiger partial charge in [-0.05, 0) is 6.07 Å². The molecule has 0 fully saturated rings. The Morgan fingerprint density at radius 3 is 3.00 bits per heavy atom. The molecule has 0 atom stereocenters. The highest BCUT2D eigenvalue weighted by atomic mass is 35.5. The molecule has 0 N–H and O–H groups in total. The molecule has 0 aliphatic heterocycles. The maximum atomic E-state index is 5.41. The van der Waals surface area contributed by atoms with E-state index in [1.807, 2.05) is 16.9 Å². The van der Waals surface area contributed by atoms with Crippen molar-refractivity contribution < 1.29 is 4.74 Å². The Morgan fingerprint density at radius 2 is 2.36 bits per heavy atom. The molecule has 1 aromatic rings. The Balaban J connectivity index is 2.04. The van der Waals surface area contributed by atoms with Gasteiger partial charge in [0.05, 0.1) is 19.8 Å². The van der Waals surface area contributed by atoms with E-state index >= 15 is 0 Å². The molecule has 0 saturated carbocycles. The van der Waals surface area contributed by atoms with Crippen molar-refractivity contribution in [2.75, 3.05) is 19.1 Å². The summed E-state index contributed by atoms with van der Waals surface area (Å²) in [6, 6.07) is 1.89. The first-order valence-electron chi connectivity index (χ1n) is 3.54. The number of rotatable bonds is 5. The smallest absolute Gasteiger partial charge is 0.0663 e. The Hall–Kier alpha value is -0.540. The lowest BCUT2D eigenvalue weighted by Crippen LogP contribution is -2.07. The van der Waals surface area contributed by atoms with Crippen LogP contribution in [0.1, 0.15) is 0 Å². The number of nitrogens with zero attached hydrogens (tertiary/aromatic N) is 2. The quantitative estimate of drug-likeness (QED) is 0.495. The minimum absolute atomic E-state index is 0.555. The molecule has 0 saturated heterocycles. The van der Waals surface area contributed by atoms with E-state index in [4.69, 9.17) is 16.3 Å². The Morgan fingerprint density at radius 1 is 1.45 bits per heavy atom. The van der Waals surface area contributed by atoms with Gasteiger partial charge in [-0.1, -0.05) is 0 Å². The van der Waals surface area contributed by atoms with Crippen molar-refractivity contribution in [2.24, 2.45) is 0 Å². The third-order valence-corrected chi connectivity index (χ3v) is 1.40. The molecular formula is C7H11ClN2O. The zero-order valence-corrected chi connectivity index (χ0v) is 7.00. The molecule has 0 aliphatic rings. The normalized spacial score (nSPS) is 10.3. The maximum Gasteiger partial charge on any atom is 0.0663 e. The molecule has 0 amide bonds. The number of ether oxygens (including phenoxy) is 1. The van der Waals surface area contributed by atoms with E-state index in [9.17, 15) is 0 Å². The summed E-state index contributed by atoms with van der Waals surface area (Å²) in [5.74, 6) is 0.555. The highest BCUT2D eigenvalue weighted by Crippen LogP contribution is 1.85. The Labute approximate surface area is 70.9 Å². The van der Waals surface area contributed by atoms with E-state index in [1.165, 1.54) is 0 Å². The van der Waals surface area contributed by atoms with Crippen LogP contribution in [0.3, 0.4) is 0 Å². The van der Waals surface area contributed by atoms with Crippen LogP contribution in [0, 0.1) is 0 Å². The summed E-state index contributed by atoms with van der Waals surface area (Å²) in [7, 11) is 0. The Bertz CT molecular complexity index is 177. The van der Waals surface area contributed by atoms with E-state index < -0.39 is 0 Å². The lowest BCUT2D eigenvalue weighted by molar-refractivity contribution is 0.138. The zero-order chi connectivity index (χ0) is 7.94. The van der Waals surface area contributed by atoms with Gasteiger partial charge in [0.2, 0.25) is 0 Å². The number of aromatic nitrogens is 2. The average Bonchev–Trinajstić information content (AvgIpc) is 2.50. The molecule has 0 aliphatic carbocycles. The third-order valence-electron chi connectivity index (χ3n) is 1.25. The van der Waals surface area contributed by atoms with E-state index in [0.717, 1.165) is 6.54 Å². The van der Waals surface area contributed by atoms with Gasteiger partial charge in [0.1, 0.15) is 0 Å². The summed E-state index contributed by atoms with van der Waals surface area (Å²) >= 11 is 5.41. The molecular weight excluding hydrogens is 164 g/mol. The summed E-state index contributed by atoms with van der Waals surface area (Å²) in [5, 5.41) is 4.02. The minimum atomic E-state index is 0.555. The van der Waals surface area contributed by atoms with Crippen molar-refractivity contribution in [3.8, 4) is 0 Å². The zero-order valence-electron chi connectivity index (χ0n) is 6.24. The Kier molecular flexibility index (Phi) is 4.01. The molecule has 0 radical (unpaired) electrons. The lowest BCUT2D eigenvalue weighted by atomic mass is 10.6. The second-order valence-electron chi connectivity index (χ2n) is 2.07. The predicted octanol–water partition coefficient (Wildman–Crippen LogP) is 1.14. The summed E-state index contributed by atoms with van der Waals surface area (Å²) in [6.45, 7) is 2.08. The monoisotopic (exact) mass is 174 g/mol. The van der Waals surface area contributed by atoms with Gasteiger partial charge in [-0.15, -0.1) is 11.6 Å². The lowest BCUT2D eigenvalue weighted by Gasteiger charge is -2.01. The van der Waals surface area contributed by atoms with Crippen LogP contribution in [-0.2, 0) is 11.3 Å². The molecule has 0 unspecified atom stereocenters.